The van der Waals surface area contributed by atoms with Gasteiger partial charge in [-0.15, -0.1) is 0 Å². The number of ether oxygens (including phenoxy) is 1. The molecule has 2 unspecified atom stereocenters. The van der Waals surface area contributed by atoms with E-state index in [1.165, 1.54) is 12.3 Å². The molecule has 8 heteroatoms. The van der Waals surface area contributed by atoms with Crippen LogP contribution in [0.2, 0.25) is 0 Å². The summed E-state index contributed by atoms with van der Waals surface area (Å²) in [4.78, 5) is 16.1. The van der Waals surface area contributed by atoms with Crippen molar-refractivity contribution in [3.8, 4) is 5.75 Å². The Balaban J connectivity index is 1.65. The standard InChI is InChI=1S/C19H20F3N3O2/c1-27-14-4-2-3-12(7-14)8-25-18(26)16-11-23-10-15(16)13-5-6-17(24-9-13)19(20,21)22/h2-7,9,15-16,23H,8,10-11H2,1H3,(H,25,26). The van der Waals surface area contributed by atoms with Crippen molar-refractivity contribution >= 4 is 5.91 Å². The fraction of sp³-hybridized carbons (Fsp3) is 0.368. The highest BCUT2D eigenvalue weighted by Gasteiger charge is 2.36. The summed E-state index contributed by atoms with van der Waals surface area (Å²) in [5.74, 6) is -0.0232. The van der Waals surface area contributed by atoms with Crippen molar-refractivity contribution in [2.75, 3.05) is 20.2 Å². The van der Waals surface area contributed by atoms with Crippen LogP contribution in [0.4, 0.5) is 13.2 Å². The van der Waals surface area contributed by atoms with Gasteiger partial charge in [-0.2, -0.15) is 13.2 Å². The number of hydrogen-bond acceptors (Lipinski definition) is 4. The summed E-state index contributed by atoms with van der Waals surface area (Å²) < 4.78 is 43.2. The van der Waals surface area contributed by atoms with Crippen LogP contribution < -0.4 is 15.4 Å². The highest BCUT2D eigenvalue weighted by molar-refractivity contribution is 5.80. The molecule has 3 rings (SSSR count). The average Bonchev–Trinajstić information content (AvgIpc) is 3.15. The van der Waals surface area contributed by atoms with Crippen LogP contribution >= 0.6 is 0 Å². The van der Waals surface area contributed by atoms with Gasteiger partial charge in [-0.3, -0.25) is 9.78 Å². The molecule has 27 heavy (non-hydrogen) atoms. The molecule has 2 atom stereocenters. The SMILES string of the molecule is COc1cccc(CNC(=O)C2CNCC2c2ccc(C(F)(F)F)nc2)c1. The third-order valence-corrected chi connectivity index (χ3v) is 4.66. The Morgan fingerprint density at radius 2 is 2.11 bits per heavy atom. The number of amides is 1. The summed E-state index contributed by atoms with van der Waals surface area (Å²) in [5, 5.41) is 6.02. The normalized spacial score (nSPS) is 19.7. The van der Waals surface area contributed by atoms with Crippen LogP contribution in [0.1, 0.15) is 22.7 Å². The zero-order chi connectivity index (χ0) is 19.4. The zero-order valence-electron chi connectivity index (χ0n) is 14.7. The number of nitrogens with zero attached hydrogens (tertiary/aromatic N) is 1. The number of aromatic nitrogens is 1. The van der Waals surface area contributed by atoms with Crippen LogP contribution in [0.5, 0.6) is 5.75 Å². The molecule has 1 aliphatic rings. The number of alkyl halides is 3. The van der Waals surface area contributed by atoms with Gasteiger partial charge < -0.3 is 15.4 Å². The number of halogens is 3. The van der Waals surface area contributed by atoms with Gasteiger partial charge in [0, 0.05) is 31.7 Å². The molecule has 1 aromatic carbocycles. The lowest BCUT2D eigenvalue weighted by molar-refractivity contribution is -0.141. The van der Waals surface area contributed by atoms with E-state index < -0.39 is 11.9 Å². The Labute approximate surface area is 154 Å². The van der Waals surface area contributed by atoms with E-state index in [1.54, 1.807) is 7.11 Å². The molecular weight excluding hydrogens is 359 g/mol. The summed E-state index contributed by atoms with van der Waals surface area (Å²) in [7, 11) is 1.57. The first kappa shape index (κ1) is 19.2. The molecule has 1 amide bonds. The summed E-state index contributed by atoms with van der Waals surface area (Å²) in [6.45, 7) is 1.34. The number of carbonyl (C=O) groups is 1. The van der Waals surface area contributed by atoms with Crippen molar-refractivity contribution in [1.82, 2.24) is 15.6 Å². The monoisotopic (exact) mass is 379 g/mol. The molecule has 0 saturated carbocycles. The molecule has 2 N–H and O–H groups in total. The molecule has 1 aromatic heterocycles. The van der Waals surface area contributed by atoms with Crippen LogP contribution in [-0.4, -0.2) is 31.1 Å². The maximum Gasteiger partial charge on any atom is 0.433 e. The topological polar surface area (TPSA) is 63.2 Å². The van der Waals surface area contributed by atoms with Crippen molar-refractivity contribution < 1.29 is 22.7 Å². The Kier molecular flexibility index (Phi) is 5.65. The minimum atomic E-state index is -4.47. The van der Waals surface area contributed by atoms with E-state index in [0.29, 0.717) is 30.9 Å². The van der Waals surface area contributed by atoms with Gasteiger partial charge >= 0.3 is 6.18 Å². The van der Waals surface area contributed by atoms with Crippen molar-refractivity contribution in [1.29, 1.82) is 0 Å². The average molecular weight is 379 g/mol. The molecule has 0 spiro atoms. The molecule has 2 aromatic rings. The Morgan fingerprint density at radius 3 is 2.78 bits per heavy atom. The highest BCUT2D eigenvalue weighted by Crippen LogP contribution is 2.31. The van der Waals surface area contributed by atoms with E-state index in [-0.39, 0.29) is 17.7 Å². The zero-order valence-corrected chi connectivity index (χ0v) is 14.7. The lowest BCUT2D eigenvalue weighted by atomic mass is 9.89. The third kappa shape index (κ3) is 4.57. The maximum absolute atomic E-state index is 12.7. The van der Waals surface area contributed by atoms with Crippen LogP contribution in [0.3, 0.4) is 0 Å². The quantitative estimate of drug-likeness (QED) is 0.839. The first-order valence-corrected chi connectivity index (χ1v) is 8.53. The largest absolute Gasteiger partial charge is 0.497 e. The number of methoxy groups -OCH3 is 1. The number of hydrogen-bond donors (Lipinski definition) is 2. The Hall–Kier alpha value is -2.61. The van der Waals surface area contributed by atoms with Crippen LogP contribution in [0.15, 0.2) is 42.6 Å². The first-order valence-electron chi connectivity index (χ1n) is 8.53. The minimum Gasteiger partial charge on any atom is -0.497 e. The van der Waals surface area contributed by atoms with Crippen LogP contribution in [0.25, 0.3) is 0 Å². The molecule has 0 radical (unpaired) electrons. The van der Waals surface area contributed by atoms with Gasteiger partial charge in [-0.05, 0) is 29.3 Å². The molecule has 0 bridgehead atoms. The van der Waals surface area contributed by atoms with Gasteiger partial charge in [-0.25, -0.2) is 0 Å². The van der Waals surface area contributed by atoms with E-state index in [1.807, 2.05) is 24.3 Å². The van der Waals surface area contributed by atoms with Crippen molar-refractivity contribution in [3.05, 3.63) is 59.4 Å². The Morgan fingerprint density at radius 1 is 1.30 bits per heavy atom. The maximum atomic E-state index is 12.7. The molecular formula is C19H20F3N3O2. The Bertz CT molecular complexity index is 794. The van der Waals surface area contributed by atoms with Crippen molar-refractivity contribution in [2.45, 2.75) is 18.6 Å². The predicted molar refractivity (Wildman–Crippen MR) is 93.2 cm³/mol. The smallest absolute Gasteiger partial charge is 0.433 e. The summed E-state index contributed by atoms with van der Waals surface area (Å²) in [6.07, 6.45) is -3.26. The number of rotatable bonds is 5. The molecule has 5 nitrogen and oxygen atoms in total. The fourth-order valence-corrected chi connectivity index (χ4v) is 3.20. The van der Waals surface area contributed by atoms with Crippen LogP contribution in [0, 0.1) is 5.92 Å². The molecule has 1 fully saturated rings. The van der Waals surface area contributed by atoms with E-state index in [2.05, 4.69) is 15.6 Å². The van der Waals surface area contributed by atoms with E-state index >= 15 is 0 Å². The van der Waals surface area contributed by atoms with Crippen molar-refractivity contribution in [3.63, 3.8) is 0 Å². The summed E-state index contributed by atoms with van der Waals surface area (Å²) in [5.41, 5.74) is 0.590. The minimum absolute atomic E-state index is 0.146. The molecule has 1 aliphatic heterocycles. The summed E-state index contributed by atoms with van der Waals surface area (Å²) in [6, 6.07) is 9.74. The third-order valence-electron chi connectivity index (χ3n) is 4.66. The van der Waals surface area contributed by atoms with Crippen LogP contribution in [-0.2, 0) is 17.5 Å². The highest BCUT2D eigenvalue weighted by atomic mass is 19.4. The second-order valence-electron chi connectivity index (χ2n) is 6.42. The lowest BCUT2D eigenvalue weighted by Gasteiger charge is -2.19. The molecule has 2 heterocycles. The van der Waals surface area contributed by atoms with Gasteiger partial charge in [-0.1, -0.05) is 18.2 Å². The van der Waals surface area contributed by atoms with E-state index in [9.17, 15) is 18.0 Å². The number of pyridine rings is 1. The molecule has 1 saturated heterocycles. The van der Waals surface area contributed by atoms with Gasteiger partial charge in [0.05, 0.1) is 13.0 Å². The van der Waals surface area contributed by atoms with E-state index in [4.69, 9.17) is 4.74 Å². The lowest BCUT2D eigenvalue weighted by Crippen LogP contribution is -2.34. The molecule has 144 valence electrons. The van der Waals surface area contributed by atoms with Gasteiger partial charge in [0.2, 0.25) is 5.91 Å². The second kappa shape index (κ2) is 7.96. The summed E-state index contributed by atoms with van der Waals surface area (Å²) >= 11 is 0. The first-order chi connectivity index (χ1) is 12.9. The number of benzene rings is 1. The van der Waals surface area contributed by atoms with Crippen molar-refractivity contribution in [2.24, 2.45) is 5.92 Å². The second-order valence-corrected chi connectivity index (χ2v) is 6.42. The predicted octanol–water partition coefficient (Wildman–Crippen LogP) is 2.73. The molecule has 0 aliphatic carbocycles. The van der Waals surface area contributed by atoms with Gasteiger partial charge in [0.15, 0.2) is 0 Å². The van der Waals surface area contributed by atoms with E-state index in [0.717, 1.165) is 11.6 Å². The number of nitrogens with one attached hydrogen (secondary N) is 2. The number of carbonyl (C=O) groups excluding carboxylic acids is 1. The van der Waals surface area contributed by atoms with Gasteiger partial charge in [0.25, 0.3) is 0 Å². The fourth-order valence-electron chi connectivity index (χ4n) is 3.20. The van der Waals surface area contributed by atoms with Gasteiger partial charge in [0.1, 0.15) is 11.4 Å².